The molecule has 2 aliphatic heterocycles. The van der Waals surface area contributed by atoms with E-state index in [2.05, 4.69) is 5.32 Å². The van der Waals surface area contributed by atoms with E-state index in [0.717, 1.165) is 36.8 Å². The fraction of sp³-hybridized carbons (Fsp3) is 0.455. The van der Waals surface area contributed by atoms with Crippen molar-refractivity contribution in [3.63, 3.8) is 0 Å². The Balaban J connectivity index is 1.89. The Morgan fingerprint density at radius 1 is 1.14 bits per heavy atom. The third-order valence-electron chi connectivity index (χ3n) is 5.32. The zero-order chi connectivity index (χ0) is 19.9. The van der Waals surface area contributed by atoms with Crippen molar-refractivity contribution in [2.75, 3.05) is 6.54 Å². The van der Waals surface area contributed by atoms with Crippen LogP contribution in [0, 0.1) is 0 Å². The van der Waals surface area contributed by atoms with Crippen LogP contribution in [0.15, 0.2) is 24.3 Å². The van der Waals surface area contributed by atoms with Crippen molar-refractivity contribution in [1.29, 1.82) is 0 Å². The van der Waals surface area contributed by atoms with Gasteiger partial charge in [0.25, 0.3) is 0 Å². The number of nitrogens with one attached hydrogen (secondary N) is 1. The molecule has 1 unspecified atom stereocenters. The molecule has 1 saturated heterocycles. The van der Waals surface area contributed by atoms with Crippen LogP contribution in [-0.4, -0.2) is 30.1 Å². The predicted octanol–water partition coefficient (Wildman–Crippen LogP) is 3.53. The number of rotatable bonds is 3. The molecule has 1 N–H and O–H groups in total. The highest BCUT2D eigenvalue weighted by molar-refractivity contribution is 6.00. The summed E-state index contributed by atoms with van der Waals surface area (Å²) in [4.78, 5) is 24.6. The third-order valence-corrected chi connectivity index (χ3v) is 5.32. The van der Waals surface area contributed by atoms with E-state index in [4.69, 9.17) is 14.2 Å². The highest BCUT2D eigenvalue weighted by Crippen LogP contribution is 2.50. The summed E-state index contributed by atoms with van der Waals surface area (Å²) in [7, 11) is 0. The van der Waals surface area contributed by atoms with Crippen LogP contribution in [0.4, 0.5) is 0 Å². The zero-order valence-electron chi connectivity index (χ0n) is 16.5. The number of benzene rings is 2. The summed E-state index contributed by atoms with van der Waals surface area (Å²) in [5.41, 5.74) is 0.449. The Morgan fingerprint density at radius 3 is 2.57 bits per heavy atom. The molecule has 0 spiro atoms. The van der Waals surface area contributed by atoms with Gasteiger partial charge in [0.15, 0.2) is 11.5 Å². The fourth-order valence-corrected chi connectivity index (χ4v) is 3.91. The minimum absolute atomic E-state index is 0.294. The quantitative estimate of drug-likeness (QED) is 0.646. The number of ether oxygens (including phenoxy) is 3. The molecule has 0 aliphatic carbocycles. The number of esters is 2. The van der Waals surface area contributed by atoms with Gasteiger partial charge in [-0.1, -0.05) is 24.3 Å². The van der Waals surface area contributed by atoms with Crippen LogP contribution >= 0.6 is 0 Å². The van der Waals surface area contributed by atoms with Crippen LogP contribution in [-0.2, 0) is 16.0 Å². The number of carbonyl (C=O) groups is 2. The first-order valence-corrected chi connectivity index (χ1v) is 9.76. The molecular formula is C22H25NO5. The monoisotopic (exact) mass is 383 g/mol. The molecule has 0 bridgehead atoms. The molecule has 6 heteroatoms. The Kier molecular flexibility index (Phi) is 4.75. The number of carbonyl (C=O) groups excluding carboxylic acids is 2. The summed E-state index contributed by atoms with van der Waals surface area (Å²) in [6.07, 6.45) is 3.11. The molecule has 1 atom stereocenters. The van der Waals surface area contributed by atoms with Gasteiger partial charge in [-0.2, -0.15) is 0 Å². The molecule has 2 aromatic rings. The van der Waals surface area contributed by atoms with Crippen molar-refractivity contribution < 1.29 is 23.8 Å². The van der Waals surface area contributed by atoms with Gasteiger partial charge in [0.2, 0.25) is 0 Å². The van der Waals surface area contributed by atoms with Gasteiger partial charge >= 0.3 is 11.9 Å². The standard InChI is InChI=1S/C22H25NO5/c1-13(24)26-20-16-10-11-22(2,3)28-18(16)14-7-4-5-8-15(14)19(20)27-21(25)17-9-6-12-23-17/h4-5,7-8,17,23H,6,9-12H2,1-3H3. The van der Waals surface area contributed by atoms with Gasteiger partial charge in [-0.3, -0.25) is 4.79 Å². The molecule has 148 valence electrons. The molecule has 0 aromatic heterocycles. The van der Waals surface area contributed by atoms with E-state index in [1.54, 1.807) is 0 Å². The van der Waals surface area contributed by atoms with Crippen molar-refractivity contribution in [2.45, 2.75) is 58.1 Å². The van der Waals surface area contributed by atoms with Gasteiger partial charge < -0.3 is 19.5 Å². The highest BCUT2D eigenvalue weighted by atomic mass is 16.6. The van der Waals surface area contributed by atoms with E-state index >= 15 is 0 Å². The average molecular weight is 383 g/mol. The van der Waals surface area contributed by atoms with Crippen LogP contribution in [0.3, 0.4) is 0 Å². The molecule has 0 radical (unpaired) electrons. The van der Waals surface area contributed by atoms with Crippen LogP contribution in [0.25, 0.3) is 10.8 Å². The maximum Gasteiger partial charge on any atom is 0.328 e. The van der Waals surface area contributed by atoms with E-state index < -0.39 is 5.97 Å². The van der Waals surface area contributed by atoms with E-state index in [9.17, 15) is 9.59 Å². The van der Waals surface area contributed by atoms with Crippen molar-refractivity contribution in [3.8, 4) is 17.2 Å². The van der Waals surface area contributed by atoms with Gasteiger partial charge in [0.1, 0.15) is 17.4 Å². The minimum Gasteiger partial charge on any atom is -0.487 e. The van der Waals surface area contributed by atoms with Crippen LogP contribution in [0.5, 0.6) is 17.2 Å². The Bertz CT molecular complexity index is 944. The number of fused-ring (bicyclic) bond motifs is 3. The summed E-state index contributed by atoms with van der Waals surface area (Å²) >= 11 is 0. The Hall–Kier alpha value is -2.60. The largest absolute Gasteiger partial charge is 0.487 e. The first-order chi connectivity index (χ1) is 13.4. The predicted molar refractivity (Wildman–Crippen MR) is 105 cm³/mol. The topological polar surface area (TPSA) is 73.9 Å². The summed E-state index contributed by atoms with van der Waals surface area (Å²) in [6.45, 7) is 6.22. The SMILES string of the molecule is CC(=O)Oc1c2c(c3ccccc3c1OC(=O)C1CCCN1)OC(C)(C)CC2. The van der Waals surface area contributed by atoms with Crippen LogP contribution in [0.1, 0.15) is 45.6 Å². The van der Waals surface area contributed by atoms with Crippen molar-refractivity contribution >= 4 is 22.7 Å². The van der Waals surface area contributed by atoms with Gasteiger partial charge in [0.05, 0.1) is 0 Å². The van der Waals surface area contributed by atoms with Gasteiger partial charge in [0, 0.05) is 23.3 Å². The normalized spacial score (nSPS) is 20.3. The van der Waals surface area contributed by atoms with E-state index in [1.807, 2.05) is 38.1 Å². The first-order valence-electron chi connectivity index (χ1n) is 9.76. The summed E-state index contributed by atoms with van der Waals surface area (Å²) in [6, 6.07) is 7.25. The molecule has 2 heterocycles. The van der Waals surface area contributed by atoms with Gasteiger partial charge in [-0.05, 0) is 46.1 Å². The summed E-state index contributed by atoms with van der Waals surface area (Å²) in [5.74, 6) is 0.475. The molecule has 0 amide bonds. The average Bonchev–Trinajstić information content (AvgIpc) is 3.18. The molecule has 2 aliphatic rings. The maximum atomic E-state index is 12.7. The molecular weight excluding hydrogens is 358 g/mol. The molecule has 1 fully saturated rings. The molecule has 2 aromatic carbocycles. The Morgan fingerprint density at radius 2 is 1.89 bits per heavy atom. The Labute approximate surface area is 164 Å². The zero-order valence-corrected chi connectivity index (χ0v) is 16.5. The summed E-state index contributed by atoms with van der Waals surface area (Å²) < 4.78 is 17.7. The van der Waals surface area contributed by atoms with Crippen molar-refractivity contribution in [3.05, 3.63) is 29.8 Å². The fourth-order valence-electron chi connectivity index (χ4n) is 3.91. The molecule has 0 saturated carbocycles. The van der Waals surface area contributed by atoms with E-state index in [1.165, 1.54) is 6.92 Å². The van der Waals surface area contributed by atoms with E-state index in [-0.39, 0.29) is 17.6 Å². The second-order valence-corrected chi connectivity index (χ2v) is 8.04. The maximum absolute atomic E-state index is 12.7. The van der Waals surface area contributed by atoms with Crippen molar-refractivity contribution in [2.24, 2.45) is 0 Å². The first kappa shape index (κ1) is 18.7. The van der Waals surface area contributed by atoms with Gasteiger partial charge in [-0.15, -0.1) is 0 Å². The molecule has 6 nitrogen and oxygen atoms in total. The van der Waals surface area contributed by atoms with Gasteiger partial charge in [-0.25, -0.2) is 4.79 Å². The third kappa shape index (κ3) is 3.44. The lowest BCUT2D eigenvalue weighted by atomic mass is 9.91. The second kappa shape index (κ2) is 7.09. The molecule has 28 heavy (non-hydrogen) atoms. The van der Waals surface area contributed by atoms with Crippen LogP contribution < -0.4 is 19.5 Å². The minimum atomic E-state index is -0.460. The summed E-state index contributed by atoms with van der Waals surface area (Å²) in [5, 5.41) is 4.70. The lowest BCUT2D eigenvalue weighted by Crippen LogP contribution is -2.35. The smallest absolute Gasteiger partial charge is 0.328 e. The highest BCUT2D eigenvalue weighted by Gasteiger charge is 2.34. The number of hydrogen-bond acceptors (Lipinski definition) is 6. The molecule has 4 rings (SSSR count). The lowest BCUT2D eigenvalue weighted by molar-refractivity contribution is -0.137. The van der Waals surface area contributed by atoms with Crippen molar-refractivity contribution in [1.82, 2.24) is 5.32 Å². The lowest BCUT2D eigenvalue weighted by Gasteiger charge is -2.34. The van der Waals surface area contributed by atoms with Crippen LogP contribution in [0.2, 0.25) is 0 Å². The number of hydrogen-bond donors (Lipinski definition) is 1. The second-order valence-electron chi connectivity index (χ2n) is 8.04. The van der Waals surface area contributed by atoms with E-state index in [0.29, 0.717) is 29.1 Å².